The minimum absolute atomic E-state index is 0.291. The summed E-state index contributed by atoms with van der Waals surface area (Å²) in [5, 5.41) is 11.4. The molecule has 0 aliphatic carbocycles. The van der Waals surface area contributed by atoms with E-state index < -0.39 is 0 Å². The Kier molecular flexibility index (Phi) is 2.68. The minimum atomic E-state index is -0.291. The lowest BCUT2D eigenvalue weighted by molar-refractivity contribution is 0.507. The molecule has 0 amide bonds. The monoisotopic (exact) mass is 296 g/mol. The molecule has 6 heteroatoms. The third-order valence-electron chi connectivity index (χ3n) is 2.82. The van der Waals surface area contributed by atoms with E-state index in [1.165, 1.54) is 0 Å². The number of rotatable bonds is 1. The van der Waals surface area contributed by atoms with Crippen LogP contribution in [-0.2, 0) is 13.1 Å². The molecule has 1 aliphatic rings. The van der Waals surface area contributed by atoms with Crippen molar-refractivity contribution in [2.75, 3.05) is 6.54 Å². The summed E-state index contributed by atoms with van der Waals surface area (Å²) >= 11 is 3.18. The molecule has 0 saturated carbocycles. The van der Waals surface area contributed by atoms with Gasteiger partial charge in [-0.25, -0.2) is 4.39 Å². The Labute approximate surface area is 106 Å². The molecule has 2 aromatic rings. The zero-order valence-corrected chi connectivity index (χ0v) is 10.5. The molecule has 1 aromatic heterocycles. The van der Waals surface area contributed by atoms with Gasteiger partial charge in [-0.15, -0.1) is 10.2 Å². The van der Waals surface area contributed by atoms with E-state index in [1.54, 1.807) is 18.2 Å². The summed E-state index contributed by atoms with van der Waals surface area (Å²) in [6.07, 6.45) is 0. The largest absolute Gasteiger partial charge is 0.309 e. The lowest BCUT2D eigenvalue weighted by Crippen LogP contribution is -2.28. The molecular formula is C11H10BrFN4. The molecule has 0 unspecified atom stereocenters. The number of aromatic nitrogens is 3. The number of hydrogen-bond acceptors (Lipinski definition) is 3. The quantitative estimate of drug-likeness (QED) is 0.875. The summed E-state index contributed by atoms with van der Waals surface area (Å²) in [6, 6.07) is 5.19. The molecule has 0 saturated heterocycles. The third kappa shape index (κ3) is 1.77. The summed E-state index contributed by atoms with van der Waals surface area (Å²) in [4.78, 5) is 0. The van der Waals surface area contributed by atoms with Crippen LogP contribution in [-0.4, -0.2) is 21.3 Å². The van der Waals surface area contributed by atoms with Gasteiger partial charge in [0.1, 0.15) is 11.6 Å². The van der Waals surface area contributed by atoms with Crippen molar-refractivity contribution in [3.63, 3.8) is 0 Å². The van der Waals surface area contributed by atoms with Gasteiger partial charge in [0.25, 0.3) is 0 Å². The van der Waals surface area contributed by atoms with Crippen LogP contribution in [0.25, 0.3) is 11.4 Å². The normalized spacial score (nSPS) is 14.7. The van der Waals surface area contributed by atoms with Gasteiger partial charge >= 0.3 is 0 Å². The molecule has 0 spiro atoms. The summed E-state index contributed by atoms with van der Waals surface area (Å²) in [5.74, 6) is 1.16. The van der Waals surface area contributed by atoms with Gasteiger partial charge in [-0.05, 0) is 28.1 Å². The molecule has 0 atom stereocenters. The molecule has 1 N–H and O–H groups in total. The maximum Gasteiger partial charge on any atom is 0.167 e. The number of fused-ring (bicyclic) bond motifs is 1. The van der Waals surface area contributed by atoms with E-state index in [0.29, 0.717) is 22.4 Å². The van der Waals surface area contributed by atoms with E-state index in [0.717, 1.165) is 18.9 Å². The predicted molar refractivity (Wildman–Crippen MR) is 64.8 cm³/mol. The number of nitrogens with zero attached hydrogens (tertiary/aromatic N) is 3. The molecule has 0 bridgehead atoms. The third-order valence-corrected chi connectivity index (χ3v) is 3.43. The van der Waals surface area contributed by atoms with Crippen molar-refractivity contribution in [3.8, 4) is 11.4 Å². The van der Waals surface area contributed by atoms with E-state index in [1.807, 2.05) is 4.57 Å². The van der Waals surface area contributed by atoms with Gasteiger partial charge in [-0.1, -0.05) is 6.07 Å². The number of nitrogens with one attached hydrogen (secondary N) is 1. The highest BCUT2D eigenvalue weighted by Gasteiger charge is 2.19. The first kappa shape index (κ1) is 10.9. The van der Waals surface area contributed by atoms with E-state index >= 15 is 0 Å². The van der Waals surface area contributed by atoms with Gasteiger partial charge in [0.05, 0.1) is 16.6 Å². The molecule has 2 heterocycles. The standard InChI is InChI=1S/C11H10BrFN4/c12-8-3-1-2-7(10(8)13)11-16-15-9-6-14-4-5-17(9)11/h1-3,14H,4-6H2. The van der Waals surface area contributed by atoms with Crippen LogP contribution in [0.4, 0.5) is 4.39 Å². The van der Waals surface area contributed by atoms with Gasteiger partial charge < -0.3 is 9.88 Å². The fraction of sp³-hybridized carbons (Fsp3) is 0.273. The molecule has 1 aliphatic heterocycles. The number of halogens is 2. The van der Waals surface area contributed by atoms with E-state index in [9.17, 15) is 4.39 Å². The Morgan fingerprint density at radius 2 is 2.24 bits per heavy atom. The number of hydrogen-bond donors (Lipinski definition) is 1. The van der Waals surface area contributed by atoms with Crippen molar-refractivity contribution in [1.29, 1.82) is 0 Å². The lowest BCUT2D eigenvalue weighted by atomic mass is 10.2. The van der Waals surface area contributed by atoms with Crippen LogP contribution in [0.2, 0.25) is 0 Å². The van der Waals surface area contributed by atoms with Gasteiger partial charge in [0.15, 0.2) is 5.82 Å². The first-order valence-electron chi connectivity index (χ1n) is 5.34. The Morgan fingerprint density at radius 3 is 3.12 bits per heavy atom. The van der Waals surface area contributed by atoms with Crippen LogP contribution in [0.5, 0.6) is 0 Å². The van der Waals surface area contributed by atoms with Gasteiger partial charge in [0.2, 0.25) is 0 Å². The van der Waals surface area contributed by atoms with Gasteiger partial charge in [-0.2, -0.15) is 0 Å². The molecule has 0 radical (unpaired) electrons. The molecule has 88 valence electrons. The topological polar surface area (TPSA) is 42.7 Å². The Balaban J connectivity index is 2.15. The van der Waals surface area contributed by atoms with Crippen molar-refractivity contribution in [2.24, 2.45) is 0 Å². The van der Waals surface area contributed by atoms with Crippen molar-refractivity contribution >= 4 is 15.9 Å². The van der Waals surface area contributed by atoms with Crippen molar-refractivity contribution < 1.29 is 4.39 Å². The minimum Gasteiger partial charge on any atom is -0.309 e. The van der Waals surface area contributed by atoms with Crippen LogP contribution in [0.1, 0.15) is 5.82 Å². The maximum absolute atomic E-state index is 14.0. The van der Waals surface area contributed by atoms with Crippen molar-refractivity contribution in [1.82, 2.24) is 20.1 Å². The zero-order chi connectivity index (χ0) is 11.8. The van der Waals surface area contributed by atoms with Gasteiger partial charge in [0, 0.05) is 13.1 Å². The molecule has 0 fully saturated rings. The summed E-state index contributed by atoms with van der Waals surface area (Å²) in [5.41, 5.74) is 0.486. The Bertz CT molecular complexity index is 567. The van der Waals surface area contributed by atoms with Crippen molar-refractivity contribution in [3.05, 3.63) is 34.3 Å². The second-order valence-electron chi connectivity index (χ2n) is 3.87. The Hall–Kier alpha value is -1.27. The van der Waals surface area contributed by atoms with Crippen LogP contribution in [0.15, 0.2) is 22.7 Å². The van der Waals surface area contributed by atoms with Crippen molar-refractivity contribution in [2.45, 2.75) is 13.1 Å². The van der Waals surface area contributed by atoms with E-state index in [4.69, 9.17) is 0 Å². The SMILES string of the molecule is Fc1c(Br)cccc1-c1nnc2n1CCNC2. The van der Waals surface area contributed by atoms with E-state index in [-0.39, 0.29) is 5.82 Å². The predicted octanol–water partition coefficient (Wildman–Crippen LogP) is 1.95. The summed E-state index contributed by atoms with van der Waals surface area (Å²) in [6.45, 7) is 2.31. The van der Waals surface area contributed by atoms with E-state index in [2.05, 4.69) is 31.4 Å². The lowest BCUT2D eigenvalue weighted by Gasteiger charge is -2.16. The second-order valence-corrected chi connectivity index (χ2v) is 4.72. The first-order valence-corrected chi connectivity index (χ1v) is 6.14. The summed E-state index contributed by atoms with van der Waals surface area (Å²) in [7, 11) is 0. The fourth-order valence-electron chi connectivity index (χ4n) is 1.97. The first-order chi connectivity index (χ1) is 8.27. The Morgan fingerprint density at radius 1 is 1.35 bits per heavy atom. The molecular weight excluding hydrogens is 287 g/mol. The molecule has 1 aromatic carbocycles. The molecule has 3 rings (SSSR count). The highest BCUT2D eigenvalue weighted by Crippen LogP contribution is 2.27. The highest BCUT2D eigenvalue weighted by molar-refractivity contribution is 9.10. The maximum atomic E-state index is 14.0. The van der Waals surface area contributed by atoms with Crippen LogP contribution in [0, 0.1) is 5.82 Å². The highest BCUT2D eigenvalue weighted by atomic mass is 79.9. The average molecular weight is 297 g/mol. The van der Waals surface area contributed by atoms with Crippen LogP contribution >= 0.6 is 15.9 Å². The average Bonchev–Trinajstić information content (AvgIpc) is 2.77. The smallest absolute Gasteiger partial charge is 0.167 e. The fourth-order valence-corrected chi connectivity index (χ4v) is 2.33. The van der Waals surface area contributed by atoms with Gasteiger partial charge in [-0.3, -0.25) is 0 Å². The van der Waals surface area contributed by atoms with Crippen LogP contribution < -0.4 is 5.32 Å². The zero-order valence-electron chi connectivity index (χ0n) is 8.95. The molecule has 4 nitrogen and oxygen atoms in total. The number of benzene rings is 1. The summed E-state index contributed by atoms with van der Waals surface area (Å²) < 4.78 is 16.4. The molecule has 17 heavy (non-hydrogen) atoms. The second kappa shape index (κ2) is 4.19. The van der Waals surface area contributed by atoms with Crippen LogP contribution in [0.3, 0.4) is 0 Å².